The van der Waals surface area contributed by atoms with Crippen molar-refractivity contribution in [2.45, 2.75) is 20.0 Å². The molecule has 0 saturated carbocycles. The highest BCUT2D eigenvalue weighted by atomic mass is 35.5. The average molecular weight is 384 g/mol. The second-order valence-corrected chi connectivity index (χ2v) is 6.19. The highest BCUT2D eigenvalue weighted by Gasteiger charge is 2.19. The number of carbonyl (C=O) groups excluding carboxylic acids is 1. The number of hydrogen-bond acceptors (Lipinski definition) is 4. The van der Waals surface area contributed by atoms with Crippen molar-refractivity contribution < 1.29 is 19.0 Å². The van der Waals surface area contributed by atoms with Crippen LogP contribution in [0.25, 0.3) is 0 Å². The van der Waals surface area contributed by atoms with Gasteiger partial charge in [0.1, 0.15) is 17.2 Å². The minimum absolute atomic E-state index is 0.336. The Morgan fingerprint density at radius 3 is 2.32 bits per heavy atom. The highest BCUT2D eigenvalue weighted by molar-refractivity contribution is 6.32. The van der Waals surface area contributed by atoms with Crippen LogP contribution in [0.4, 0.5) is 5.69 Å². The second-order valence-electron chi connectivity index (χ2n) is 5.35. The number of amides is 1. The van der Waals surface area contributed by atoms with Gasteiger partial charge in [0.05, 0.1) is 24.9 Å². The number of rotatable bonds is 6. The molecule has 1 unspecified atom stereocenters. The number of anilines is 1. The number of methoxy groups -OCH3 is 2. The van der Waals surface area contributed by atoms with Gasteiger partial charge in [-0.05, 0) is 37.6 Å². The summed E-state index contributed by atoms with van der Waals surface area (Å²) in [5, 5.41) is 3.76. The van der Waals surface area contributed by atoms with Crippen molar-refractivity contribution in [1.29, 1.82) is 0 Å². The lowest BCUT2D eigenvalue weighted by molar-refractivity contribution is -0.122. The molecule has 0 aliphatic heterocycles. The number of aryl methyl sites for hydroxylation is 1. The summed E-state index contributed by atoms with van der Waals surface area (Å²) in [5.41, 5.74) is 1.29. The third-order valence-corrected chi connectivity index (χ3v) is 4.07. The molecule has 0 fully saturated rings. The van der Waals surface area contributed by atoms with E-state index in [9.17, 15) is 4.79 Å². The van der Waals surface area contributed by atoms with Gasteiger partial charge in [-0.1, -0.05) is 23.2 Å². The summed E-state index contributed by atoms with van der Waals surface area (Å²) in [4.78, 5) is 12.5. The maximum absolute atomic E-state index is 12.5. The molecule has 7 heteroatoms. The third-order valence-electron chi connectivity index (χ3n) is 3.54. The van der Waals surface area contributed by atoms with Crippen LogP contribution in [0.15, 0.2) is 30.3 Å². The molecule has 1 atom stereocenters. The molecule has 0 saturated heterocycles. The number of hydrogen-bond donors (Lipinski definition) is 1. The van der Waals surface area contributed by atoms with Gasteiger partial charge in [-0.3, -0.25) is 4.79 Å². The zero-order valence-electron chi connectivity index (χ0n) is 14.4. The van der Waals surface area contributed by atoms with E-state index >= 15 is 0 Å². The van der Waals surface area contributed by atoms with Crippen LogP contribution in [-0.4, -0.2) is 26.2 Å². The van der Waals surface area contributed by atoms with Gasteiger partial charge >= 0.3 is 0 Å². The molecule has 5 nitrogen and oxygen atoms in total. The number of benzene rings is 2. The molecule has 2 aromatic carbocycles. The maximum Gasteiger partial charge on any atom is 0.265 e. The molecule has 1 N–H and O–H groups in total. The number of ether oxygens (including phenoxy) is 3. The van der Waals surface area contributed by atoms with Crippen molar-refractivity contribution in [3.63, 3.8) is 0 Å². The lowest BCUT2D eigenvalue weighted by atomic mass is 10.2. The topological polar surface area (TPSA) is 56.8 Å². The smallest absolute Gasteiger partial charge is 0.265 e. The summed E-state index contributed by atoms with van der Waals surface area (Å²) in [7, 11) is 2.99. The Morgan fingerprint density at radius 2 is 1.72 bits per heavy atom. The van der Waals surface area contributed by atoms with E-state index in [0.717, 1.165) is 5.56 Å². The Kier molecular flexibility index (Phi) is 6.39. The Balaban J connectivity index is 2.15. The van der Waals surface area contributed by atoms with Crippen LogP contribution in [0.3, 0.4) is 0 Å². The minimum atomic E-state index is -0.730. The van der Waals surface area contributed by atoms with Gasteiger partial charge in [-0.2, -0.15) is 0 Å². The Hall–Kier alpha value is -2.11. The van der Waals surface area contributed by atoms with Crippen LogP contribution in [0.2, 0.25) is 10.0 Å². The third kappa shape index (κ3) is 4.71. The fourth-order valence-corrected chi connectivity index (χ4v) is 2.64. The van der Waals surface area contributed by atoms with Crippen LogP contribution in [0.5, 0.6) is 17.2 Å². The summed E-state index contributed by atoms with van der Waals surface area (Å²) >= 11 is 12.0. The van der Waals surface area contributed by atoms with Crippen LogP contribution >= 0.6 is 23.2 Å². The molecular formula is C18H19Cl2NO4. The molecular weight excluding hydrogens is 365 g/mol. The van der Waals surface area contributed by atoms with Crippen LogP contribution in [-0.2, 0) is 4.79 Å². The number of carbonyl (C=O) groups is 1. The summed E-state index contributed by atoms with van der Waals surface area (Å²) in [6, 6.07) is 8.38. The predicted octanol–water partition coefficient (Wildman–Crippen LogP) is 4.73. The first kappa shape index (κ1) is 19.2. The maximum atomic E-state index is 12.5. The molecule has 1 amide bonds. The highest BCUT2D eigenvalue weighted by Crippen LogP contribution is 2.36. The van der Waals surface area contributed by atoms with E-state index in [1.54, 1.807) is 37.3 Å². The van der Waals surface area contributed by atoms with Gasteiger partial charge in [0, 0.05) is 17.2 Å². The summed E-state index contributed by atoms with van der Waals surface area (Å²) < 4.78 is 16.1. The SMILES string of the molecule is COc1cc(NC(=O)C(C)Oc2ccc(Cl)cc2C)c(OC)cc1Cl. The van der Waals surface area contributed by atoms with E-state index in [1.165, 1.54) is 14.2 Å². The second kappa shape index (κ2) is 8.32. The van der Waals surface area contributed by atoms with Gasteiger partial charge < -0.3 is 19.5 Å². The Bertz CT molecular complexity index is 780. The van der Waals surface area contributed by atoms with Crippen LogP contribution in [0, 0.1) is 6.92 Å². The fourth-order valence-electron chi connectivity index (χ4n) is 2.18. The predicted molar refractivity (Wildman–Crippen MR) is 99.5 cm³/mol. The average Bonchev–Trinajstić information content (AvgIpc) is 2.58. The first-order chi connectivity index (χ1) is 11.8. The molecule has 0 aliphatic carbocycles. The summed E-state index contributed by atoms with van der Waals surface area (Å²) in [6.07, 6.45) is -0.730. The summed E-state index contributed by atoms with van der Waals surface area (Å²) in [6.45, 7) is 3.52. The Morgan fingerprint density at radius 1 is 1.04 bits per heavy atom. The van der Waals surface area contributed by atoms with E-state index < -0.39 is 6.10 Å². The largest absolute Gasteiger partial charge is 0.495 e. The van der Waals surface area contributed by atoms with Crippen LogP contribution < -0.4 is 19.5 Å². The van der Waals surface area contributed by atoms with Gasteiger partial charge in [0.25, 0.3) is 5.91 Å². The lowest BCUT2D eigenvalue weighted by Gasteiger charge is -2.18. The van der Waals surface area contributed by atoms with Crippen molar-refractivity contribution in [1.82, 2.24) is 0 Å². The van der Waals surface area contributed by atoms with Gasteiger partial charge in [0.2, 0.25) is 0 Å². The van der Waals surface area contributed by atoms with Crippen molar-refractivity contribution in [3.05, 3.63) is 45.9 Å². The zero-order valence-corrected chi connectivity index (χ0v) is 15.9. The lowest BCUT2D eigenvalue weighted by Crippen LogP contribution is -2.30. The normalized spacial score (nSPS) is 11.6. The van der Waals surface area contributed by atoms with E-state index in [1.807, 2.05) is 6.92 Å². The van der Waals surface area contributed by atoms with Crippen molar-refractivity contribution >= 4 is 34.8 Å². The molecule has 25 heavy (non-hydrogen) atoms. The van der Waals surface area contributed by atoms with Gasteiger partial charge in [-0.25, -0.2) is 0 Å². The monoisotopic (exact) mass is 383 g/mol. The van der Waals surface area contributed by atoms with Gasteiger partial charge in [-0.15, -0.1) is 0 Å². The molecule has 0 spiro atoms. The van der Waals surface area contributed by atoms with E-state index in [2.05, 4.69) is 5.32 Å². The molecule has 2 aromatic rings. The van der Waals surface area contributed by atoms with Crippen molar-refractivity contribution in [3.8, 4) is 17.2 Å². The number of halogens is 2. The first-order valence-corrected chi connectivity index (χ1v) is 8.26. The zero-order chi connectivity index (χ0) is 18.6. The molecule has 0 radical (unpaired) electrons. The van der Waals surface area contributed by atoms with E-state index in [4.69, 9.17) is 37.4 Å². The van der Waals surface area contributed by atoms with Crippen LogP contribution in [0.1, 0.15) is 12.5 Å². The van der Waals surface area contributed by atoms with Crippen molar-refractivity contribution in [2.75, 3.05) is 19.5 Å². The molecule has 0 heterocycles. The quantitative estimate of drug-likeness (QED) is 0.783. The molecule has 134 valence electrons. The van der Waals surface area contributed by atoms with E-state index in [-0.39, 0.29) is 5.91 Å². The fraction of sp³-hybridized carbons (Fsp3) is 0.278. The molecule has 0 aromatic heterocycles. The molecule has 0 bridgehead atoms. The Labute approximate surface area is 156 Å². The summed E-state index contributed by atoms with van der Waals surface area (Å²) in [5.74, 6) is 1.11. The minimum Gasteiger partial charge on any atom is -0.495 e. The first-order valence-electron chi connectivity index (χ1n) is 7.51. The molecule has 2 rings (SSSR count). The standard InChI is InChI=1S/C18H19Cl2NO4/c1-10-7-12(19)5-6-15(10)25-11(2)18(22)21-14-9-16(23-3)13(20)8-17(14)24-4/h5-9,11H,1-4H3,(H,21,22). The molecule has 0 aliphatic rings. The van der Waals surface area contributed by atoms with E-state index in [0.29, 0.717) is 33.0 Å². The van der Waals surface area contributed by atoms with Crippen molar-refractivity contribution in [2.24, 2.45) is 0 Å². The number of nitrogens with one attached hydrogen (secondary N) is 1. The van der Waals surface area contributed by atoms with Gasteiger partial charge in [0.15, 0.2) is 6.10 Å².